The molecule has 1 saturated heterocycles. The fourth-order valence-electron chi connectivity index (χ4n) is 4.56. The summed E-state index contributed by atoms with van der Waals surface area (Å²) < 4.78 is 15.0. The third-order valence-electron chi connectivity index (χ3n) is 6.34. The third kappa shape index (κ3) is 3.88. The normalized spacial score (nSPS) is 17.7. The van der Waals surface area contributed by atoms with E-state index in [1.807, 2.05) is 13.8 Å². The number of hydrogen-bond acceptors (Lipinski definition) is 5. The molecule has 2 aromatic heterocycles. The van der Waals surface area contributed by atoms with Gasteiger partial charge >= 0.3 is 0 Å². The Morgan fingerprint density at radius 3 is 2.70 bits per heavy atom. The highest BCUT2D eigenvalue weighted by Crippen LogP contribution is 2.36. The van der Waals surface area contributed by atoms with E-state index in [4.69, 9.17) is 9.97 Å². The van der Waals surface area contributed by atoms with Gasteiger partial charge in [-0.3, -0.25) is 19.2 Å². The summed E-state index contributed by atoms with van der Waals surface area (Å²) in [7, 11) is 0. The summed E-state index contributed by atoms with van der Waals surface area (Å²) in [5.74, 6) is 0.619. The largest absolute Gasteiger partial charge is 0.327 e. The van der Waals surface area contributed by atoms with Crippen molar-refractivity contribution >= 4 is 17.6 Å². The van der Waals surface area contributed by atoms with Gasteiger partial charge in [0.25, 0.3) is 5.91 Å². The Morgan fingerprint density at radius 2 is 1.97 bits per heavy atom. The molecule has 0 unspecified atom stereocenters. The van der Waals surface area contributed by atoms with Gasteiger partial charge in [0, 0.05) is 30.5 Å². The molecule has 3 aromatic rings. The van der Waals surface area contributed by atoms with E-state index < -0.39 is 0 Å². The van der Waals surface area contributed by atoms with Crippen LogP contribution in [0.1, 0.15) is 58.9 Å². The second kappa shape index (κ2) is 8.38. The number of carbonyl (C=O) groups is 2. The van der Waals surface area contributed by atoms with Gasteiger partial charge in [-0.25, -0.2) is 14.4 Å². The predicted octanol–water partition coefficient (Wildman–Crippen LogP) is 3.21. The summed E-state index contributed by atoms with van der Waals surface area (Å²) >= 11 is 0. The second-order valence-corrected chi connectivity index (χ2v) is 8.47. The maximum atomic E-state index is 13.3. The van der Waals surface area contributed by atoms with E-state index in [1.54, 1.807) is 38.9 Å². The van der Waals surface area contributed by atoms with E-state index in [2.05, 4.69) is 5.10 Å². The maximum Gasteiger partial charge on any atom is 0.274 e. The highest BCUT2D eigenvalue weighted by molar-refractivity contribution is 6.00. The van der Waals surface area contributed by atoms with Crippen molar-refractivity contribution in [2.24, 2.45) is 0 Å². The number of hydrogen-bond donors (Lipinski definition) is 0. The molecule has 0 saturated carbocycles. The van der Waals surface area contributed by atoms with Gasteiger partial charge in [-0.15, -0.1) is 0 Å². The van der Waals surface area contributed by atoms with Crippen LogP contribution in [-0.2, 0) is 24.3 Å². The highest BCUT2D eigenvalue weighted by atomic mass is 19.1. The molecule has 2 aliphatic rings. The van der Waals surface area contributed by atoms with Crippen LogP contribution < -0.4 is 4.90 Å². The Labute approximate surface area is 191 Å². The number of benzene rings is 1. The molecule has 1 aromatic carbocycles. The highest BCUT2D eigenvalue weighted by Gasteiger charge is 2.37. The molecule has 33 heavy (non-hydrogen) atoms. The Balaban J connectivity index is 1.45. The Kier molecular flexibility index (Phi) is 5.39. The standard InChI is InChI=1S/C24H25FN6O2/c1-3-29-12-10-19(28-29)24(33)30-11-4-5-20(30)22-26-15(2)18-13-21(32)31(23(18)27-22)14-16-6-8-17(25)9-7-16/h6-10,12,20H,3-5,11,13-14H2,1-2H3/t20-/m0/s1. The number of amides is 2. The SMILES string of the molecule is CCn1ccc(C(=O)N2CCC[C@H]2c2nc(C)c3c(n2)N(Cc2ccc(F)cc2)C(=O)C3)n1. The monoisotopic (exact) mass is 448 g/mol. The number of halogens is 1. The minimum Gasteiger partial charge on any atom is -0.327 e. The lowest BCUT2D eigenvalue weighted by molar-refractivity contribution is -0.117. The number of likely N-dealkylation sites (tertiary alicyclic amines) is 1. The molecule has 0 aliphatic carbocycles. The lowest BCUT2D eigenvalue weighted by Crippen LogP contribution is -2.32. The van der Waals surface area contributed by atoms with Crippen molar-refractivity contribution in [3.8, 4) is 0 Å². The van der Waals surface area contributed by atoms with Gasteiger partial charge in [0.2, 0.25) is 5.91 Å². The molecule has 4 heterocycles. The van der Waals surface area contributed by atoms with Crippen LogP contribution in [0, 0.1) is 12.7 Å². The van der Waals surface area contributed by atoms with Gasteiger partial charge in [0.15, 0.2) is 5.82 Å². The van der Waals surface area contributed by atoms with Crippen molar-refractivity contribution in [2.75, 3.05) is 11.4 Å². The van der Waals surface area contributed by atoms with Crippen molar-refractivity contribution in [1.29, 1.82) is 0 Å². The molecule has 2 aliphatic heterocycles. The minimum absolute atomic E-state index is 0.0617. The Bertz CT molecular complexity index is 1220. The smallest absolute Gasteiger partial charge is 0.274 e. The third-order valence-corrected chi connectivity index (χ3v) is 6.34. The van der Waals surface area contributed by atoms with Crippen LogP contribution in [0.4, 0.5) is 10.2 Å². The molecular weight excluding hydrogens is 423 g/mol. The molecule has 8 nitrogen and oxygen atoms in total. The zero-order valence-corrected chi connectivity index (χ0v) is 18.7. The number of aryl methyl sites for hydroxylation is 2. The molecule has 9 heteroatoms. The van der Waals surface area contributed by atoms with Crippen LogP contribution >= 0.6 is 0 Å². The molecule has 0 spiro atoms. The van der Waals surface area contributed by atoms with Crippen LogP contribution in [0.25, 0.3) is 0 Å². The topological polar surface area (TPSA) is 84.2 Å². The maximum absolute atomic E-state index is 13.3. The van der Waals surface area contributed by atoms with Crippen molar-refractivity contribution in [2.45, 2.75) is 52.2 Å². The zero-order valence-electron chi connectivity index (χ0n) is 18.7. The molecule has 0 bridgehead atoms. The summed E-state index contributed by atoms with van der Waals surface area (Å²) in [6.07, 6.45) is 3.64. The lowest BCUT2D eigenvalue weighted by atomic mass is 10.1. The quantitative estimate of drug-likeness (QED) is 0.599. The molecule has 1 fully saturated rings. The second-order valence-electron chi connectivity index (χ2n) is 8.47. The molecule has 1 atom stereocenters. The summed E-state index contributed by atoms with van der Waals surface area (Å²) in [4.78, 5) is 38.9. The minimum atomic E-state index is -0.317. The number of fused-ring (bicyclic) bond motifs is 1. The van der Waals surface area contributed by atoms with Crippen molar-refractivity contribution in [3.63, 3.8) is 0 Å². The summed E-state index contributed by atoms with van der Waals surface area (Å²) in [5, 5.41) is 4.36. The van der Waals surface area contributed by atoms with E-state index in [9.17, 15) is 14.0 Å². The number of nitrogens with zero attached hydrogens (tertiary/aromatic N) is 6. The summed E-state index contributed by atoms with van der Waals surface area (Å²) in [6, 6.07) is 7.57. The van der Waals surface area contributed by atoms with Crippen LogP contribution in [0.3, 0.4) is 0 Å². The van der Waals surface area contributed by atoms with Gasteiger partial charge in [0.1, 0.15) is 17.3 Å². The number of anilines is 1. The predicted molar refractivity (Wildman–Crippen MR) is 119 cm³/mol. The fourth-order valence-corrected chi connectivity index (χ4v) is 4.56. The van der Waals surface area contributed by atoms with Gasteiger partial charge in [0.05, 0.1) is 19.0 Å². The molecule has 0 N–H and O–H groups in total. The van der Waals surface area contributed by atoms with E-state index in [1.165, 1.54) is 12.1 Å². The van der Waals surface area contributed by atoms with E-state index in [0.717, 1.165) is 29.7 Å². The van der Waals surface area contributed by atoms with Gasteiger partial charge in [-0.2, -0.15) is 5.10 Å². The molecule has 5 rings (SSSR count). The van der Waals surface area contributed by atoms with Crippen LogP contribution in [0.2, 0.25) is 0 Å². The van der Waals surface area contributed by atoms with Crippen molar-refractivity contribution in [1.82, 2.24) is 24.6 Å². The fraction of sp³-hybridized carbons (Fsp3) is 0.375. The van der Waals surface area contributed by atoms with Gasteiger partial charge in [-0.1, -0.05) is 12.1 Å². The van der Waals surface area contributed by atoms with E-state index in [0.29, 0.717) is 37.0 Å². The van der Waals surface area contributed by atoms with Gasteiger partial charge < -0.3 is 4.90 Å². The summed E-state index contributed by atoms with van der Waals surface area (Å²) in [5.41, 5.74) is 2.79. The summed E-state index contributed by atoms with van der Waals surface area (Å²) in [6.45, 7) is 5.47. The number of carbonyl (C=O) groups excluding carboxylic acids is 2. The van der Waals surface area contributed by atoms with Crippen molar-refractivity contribution in [3.05, 3.63) is 70.7 Å². The van der Waals surface area contributed by atoms with E-state index >= 15 is 0 Å². The molecule has 2 amide bonds. The first-order valence-corrected chi connectivity index (χ1v) is 11.2. The Hall–Kier alpha value is -3.62. The van der Waals surface area contributed by atoms with Crippen LogP contribution in [-0.4, -0.2) is 43.0 Å². The molecule has 0 radical (unpaired) electrons. The zero-order chi connectivity index (χ0) is 23.1. The Morgan fingerprint density at radius 1 is 1.18 bits per heavy atom. The first-order chi connectivity index (χ1) is 15.9. The van der Waals surface area contributed by atoms with Crippen LogP contribution in [0.5, 0.6) is 0 Å². The van der Waals surface area contributed by atoms with Crippen molar-refractivity contribution < 1.29 is 14.0 Å². The average molecular weight is 449 g/mol. The first-order valence-electron chi connectivity index (χ1n) is 11.2. The lowest BCUT2D eigenvalue weighted by Gasteiger charge is -2.24. The number of aromatic nitrogens is 4. The van der Waals surface area contributed by atoms with E-state index in [-0.39, 0.29) is 30.1 Å². The average Bonchev–Trinajstić information content (AvgIpc) is 3.55. The number of rotatable bonds is 5. The molecular formula is C24H25FN6O2. The van der Waals surface area contributed by atoms with Gasteiger partial charge in [-0.05, 0) is 50.5 Å². The first kappa shape index (κ1) is 21.2. The van der Waals surface area contributed by atoms with Crippen LogP contribution in [0.15, 0.2) is 36.5 Å². The molecule has 170 valence electrons.